The van der Waals surface area contributed by atoms with Crippen LogP contribution in [0.5, 0.6) is 0 Å². The molecule has 0 aliphatic heterocycles. The molecule has 0 saturated carbocycles. The number of carboxylic acids is 4. The van der Waals surface area contributed by atoms with Crippen LogP contribution in [-0.4, -0.2) is 90.1 Å². The standard InChI is InChI=1S/C37H34N6O8.Eu.Na/c38-27-13-11-24(12-14-27)23-7-9-25(10-8-23)26-15-32(30-5-1-3-28(39-30)17-42(19-34(44)45)20-35(46)47)41-33(16-26)31-6-2-4-29(40-31)18-43(21-36(48)49)22-37(50)51;;/h1-16H,17-22,38H2,(H,44,45)(H,46,47)(H,48,49)(H,50,51);;/q;;+1/p-1. The molecule has 3 heterocycles. The predicted molar refractivity (Wildman–Crippen MR) is 184 cm³/mol. The number of carbonyl (C=O) groups excluding carboxylic acids is 1. The van der Waals surface area contributed by atoms with Crippen molar-refractivity contribution < 1.29 is 119 Å². The molecule has 14 nitrogen and oxygen atoms in total. The number of hydrogen-bond acceptors (Lipinski definition) is 11. The van der Waals surface area contributed by atoms with Crippen LogP contribution < -0.4 is 40.4 Å². The van der Waals surface area contributed by atoms with Crippen molar-refractivity contribution in [1.29, 1.82) is 0 Å². The Morgan fingerprint density at radius 3 is 1.32 bits per heavy atom. The van der Waals surface area contributed by atoms with Gasteiger partial charge in [0.05, 0.1) is 59.8 Å². The molecule has 0 amide bonds. The van der Waals surface area contributed by atoms with E-state index in [2.05, 4.69) is 4.98 Å². The molecule has 5 N–H and O–H groups in total. The Bertz CT molecular complexity index is 1940. The minimum absolute atomic E-state index is 0. The number of benzene rings is 2. The molecule has 0 aliphatic rings. The van der Waals surface area contributed by atoms with Crippen LogP contribution in [0.25, 0.3) is 45.0 Å². The van der Waals surface area contributed by atoms with Crippen LogP contribution in [0.4, 0.5) is 5.69 Å². The molecule has 0 aliphatic carbocycles. The van der Waals surface area contributed by atoms with Crippen LogP contribution in [0.15, 0.2) is 97.1 Å². The summed E-state index contributed by atoms with van der Waals surface area (Å²) in [5.74, 6) is -4.96. The molecule has 0 saturated heterocycles. The predicted octanol–water partition coefficient (Wildman–Crippen LogP) is -0.266. The van der Waals surface area contributed by atoms with Crippen molar-refractivity contribution in [2.45, 2.75) is 13.1 Å². The Balaban J connectivity index is 0.00000378. The van der Waals surface area contributed by atoms with Gasteiger partial charge in [-0.25, -0.2) is 15.0 Å². The van der Waals surface area contributed by atoms with E-state index < -0.39 is 50.1 Å². The largest absolute Gasteiger partial charge is 1.00 e. The topological polar surface area (TPSA) is 223 Å². The Morgan fingerprint density at radius 1 is 0.547 bits per heavy atom. The molecule has 5 aromatic rings. The van der Waals surface area contributed by atoms with Crippen molar-refractivity contribution in [3.63, 3.8) is 0 Å². The molecule has 2 aromatic carbocycles. The average molecular weight is 865 g/mol. The number of anilines is 1. The van der Waals surface area contributed by atoms with Crippen molar-refractivity contribution in [3.8, 4) is 45.0 Å². The van der Waals surface area contributed by atoms with E-state index in [9.17, 15) is 39.6 Å². The number of carbonyl (C=O) groups is 4. The summed E-state index contributed by atoms with van der Waals surface area (Å²) in [5.41, 5.74) is 12.7. The van der Waals surface area contributed by atoms with Gasteiger partial charge in [-0.3, -0.25) is 24.2 Å². The molecule has 53 heavy (non-hydrogen) atoms. The first kappa shape index (κ1) is 43.5. The van der Waals surface area contributed by atoms with Crippen LogP contribution in [0.1, 0.15) is 11.4 Å². The van der Waals surface area contributed by atoms with Crippen molar-refractivity contribution >= 4 is 29.6 Å². The van der Waals surface area contributed by atoms with Gasteiger partial charge in [-0.05, 0) is 70.8 Å². The third kappa shape index (κ3) is 13.2. The first-order chi connectivity index (χ1) is 24.4. The zero-order valence-corrected chi connectivity index (χ0v) is 33.0. The summed E-state index contributed by atoms with van der Waals surface area (Å²) < 4.78 is 0. The Morgan fingerprint density at radius 2 is 0.925 bits per heavy atom. The quantitative estimate of drug-likeness (QED) is 0.0742. The fourth-order valence-corrected chi connectivity index (χ4v) is 5.46. The Kier molecular flexibility index (Phi) is 16.8. The van der Waals surface area contributed by atoms with Gasteiger partial charge in [0.1, 0.15) is 0 Å². The van der Waals surface area contributed by atoms with E-state index in [0.29, 0.717) is 39.9 Å². The molecule has 16 heteroatoms. The number of rotatable bonds is 16. The summed E-state index contributed by atoms with van der Waals surface area (Å²) >= 11 is 0. The fourth-order valence-electron chi connectivity index (χ4n) is 5.46. The van der Waals surface area contributed by atoms with Crippen LogP contribution in [0.3, 0.4) is 0 Å². The number of nitrogen functional groups attached to an aromatic ring is 1. The van der Waals surface area contributed by atoms with Gasteiger partial charge in [0.2, 0.25) is 0 Å². The van der Waals surface area contributed by atoms with Crippen LogP contribution >= 0.6 is 0 Å². The maximum Gasteiger partial charge on any atom is 1.00 e. The zero-order chi connectivity index (χ0) is 36.5. The van der Waals surface area contributed by atoms with Crippen LogP contribution in [0.2, 0.25) is 0 Å². The summed E-state index contributed by atoms with van der Waals surface area (Å²) in [6.45, 7) is -2.20. The third-order valence-electron chi connectivity index (χ3n) is 7.63. The van der Waals surface area contributed by atoms with E-state index in [4.69, 9.17) is 15.7 Å². The number of aromatic nitrogens is 3. The second kappa shape index (κ2) is 20.5. The second-order valence-corrected chi connectivity index (χ2v) is 11.7. The number of nitrogens with zero attached hydrogens (tertiary/aromatic N) is 5. The molecule has 0 unspecified atom stereocenters. The van der Waals surface area contributed by atoms with E-state index in [1.807, 2.05) is 60.7 Å². The zero-order valence-electron chi connectivity index (χ0n) is 28.6. The van der Waals surface area contributed by atoms with Crippen molar-refractivity contribution in [3.05, 3.63) is 108 Å². The summed E-state index contributed by atoms with van der Waals surface area (Å²) in [4.78, 5) is 62.0. The Labute approximate surface area is 367 Å². The fraction of sp³-hybridized carbons (Fsp3) is 0.162. The van der Waals surface area contributed by atoms with Crippen LogP contribution in [-0.2, 0) is 32.3 Å². The maximum atomic E-state index is 11.4. The van der Waals surface area contributed by atoms with E-state index in [-0.39, 0.29) is 92.0 Å². The Hall–Kier alpha value is -3.93. The first-order valence-corrected chi connectivity index (χ1v) is 15.6. The molecular formula is C37H33EuN6NaO8. The van der Waals surface area contributed by atoms with E-state index in [1.165, 1.54) is 9.80 Å². The minimum atomic E-state index is -1.42. The average Bonchev–Trinajstić information content (AvgIpc) is 3.07. The molecular weight excluding hydrogens is 831 g/mol. The van der Waals surface area contributed by atoms with Gasteiger partial charge in [0, 0.05) is 74.7 Å². The van der Waals surface area contributed by atoms with Crippen molar-refractivity contribution in [2.24, 2.45) is 0 Å². The summed E-state index contributed by atoms with van der Waals surface area (Å²) in [6, 6.07) is 29.3. The van der Waals surface area contributed by atoms with Gasteiger partial charge in [-0.1, -0.05) is 48.5 Å². The van der Waals surface area contributed by atoms with Gasteiger partial charge < -0.3 is 31.0 Å². The number of carboxylic acid groups (broad SMARTS) is 4. The number of nitrogens with two attached hydrogens (primary N) is 1. The molecule has 0 fully saturated rings. The second-order valence-electron chi connectivity index (χ2n) is 11.7. The number of hydrogen-bond donors (Lipinski definition) is 4. The molecule has 1 radical (unpaired) electrons. The molecule has 0 spiro atoms. The normalized spacial score (nSPS) is 10.7. The maximum absolute atomic E-state index is 11.4. The molecule has 267 valence electrons. The first-order valence-electron chi connectivity index (χ1n) is 15.6. The number of aliphatic carboxylic acids is 4. The molecule has 0 atom stereocenters. The third-order valence-corrected chi connectivity index (χ3v) is 7.63. The van der Waals surface area contributed by atoms with Gasteiger partial charge in [-0.2, -0.15) is 0 Å². The molecule has 0 bridgehead atoms. The molecule has 3 aromatic heterocycles. The summed E-state index contributed by atoms with van der Waals surface area (Å²) in [7, 11) is 0. The summed E-state index contributed by atoms with van der Waals surface area (Å²) in [6.07, 6.45) is 0. The van der Waals surface area contributed by atoms with Crippen molar-refractivity contribution in [2.75, 3.05) is 31.9 Å². The van der Waals surface area contributed by atoms with Gasteiger partial charge >= 0.3 is 47.5 Å². The molecule has 5 rings (SSSR count). The van der Waals surface area contributed by atoms with E-state index in [0.717, 1.165) is 22.3 Å². The van der Waals surface area contributed by atoms with Gasteiger partial charge in [-0.15, -0.1) is 0 Å². The van der Waals surface area contributed by atoms with Gasteiger partial charge in [0.15, 0.2) is 0 Å². The monoisotopic (exact) mass is 865 g/mol. The van der Waals surface area contributed by atoms with Gasteiger partial charge in [0.25, 0.3) is 0 Å². The summed E-state index contributed by atoms with van der Waals surface area (Å²) in [5, 5.41) is 39.1. The van der Waals surface area contributed by atoms with E-state index >= 15 is 0 Å². The number of pyridine rings is 3. The smallest absolute Gasteiger partial charge is 0.549 e. The van der Waals surface area contributed by atoms with E-state index in [1.54, 1.807) is 36.4 Å². The van der Waals surface area contributed by atoms with Crippen molar-refractivity contribution in [1.82, 2.24) is 24.8 Å². The van der Waals surface area contributed by atoms with Crippen LogP contribution in [0, 0.1) is 49.4 Å². The SMILES string of the molecule is Nc1ccc(-c2ccc(-c3cc(-c4cccc(CN(CC(=O)[O-])CC(=O)O)n4)nc(-c4cccc(CN(CC(=O)O)CC(=O)O)n4)c3)cc2)cc1.[Eu].[Na+]. The minimum Gasteiger partial charge on any atom is -0.549 e.